The molecule has 6 nitrogen and oxygen atoms in total. The molecule has 4 rings (SSSR count). The molecule has 2 fully saturated rings. The fourth-order valence-corrected chi connectivity index (χ4v) is 4.06. The third kappa shape index (κ3) is 5.05. The number of aromatic nitrogens is 2. The quantitative estimate of drug-likeness (QED) is 0.775. The SMILES string of the molecule is CC1CCN(C(=O)c2ccc(N3CCC(COc4ccccn4)CC3)nc2)CC1. The van der Waals surface area contributed by atoms with E-state index in [0.29, 0.717) is 24.0 Å². The highest BCUT2D eigenvalue weighted by molar-refractivity contribution is 5.94. The van der Waals surface area contributed by atoms with Gasteiger partial charge in [0.2, 0.25) is 5.88 Å². The molecule has 0 N–H and O–H groups in total. The number of pyridine rings is 2. The van der Waals surface area contributed by atoms with Crippen molar-refractivity contribution in [3.8, 4) is 5.88 Å². The van der Waals surface area contributed by atoms with Crippen LogP contribution in [0.1, 0.15) is 43.0 Å². The van der Waals surface area contributed by atoms with Gasteiger partial charge < -0.3 is 14.5 Å². The van der Waals surface area contributed by atoms with Crippen molar-refractivity contribution in [1.29, 1.82) is 0 Å². The molecule has 2 aromatic rings. The van der Waals surface area contributed by atoms with E-state index < -0.39 is 0 Å². The maximum absolute atomic E-state index is 12.7. The molecule has 0 saturated carbocycles. The van der Waals surface area contributed by atoms with Crippen molar-refractivity contribution in [2.24, 2.45) is 11.8 Å². The van der Waals surface area contributed by atoms with Crippen molar-refractivity contribution in [2.45, 2.75) is 32.6 Å². The van der Waals surface area contributed by atoms with Gasteiger partial charge in [-0.1, -0.05) is 13.0 Å². The van der Waals surface area contributed by atoms with Crippen molar-refractivity contribution in [3.05, 3.63) is 48.3 Å². The number of ether oxygens (including phenoxy) is 1. The molecule has 0 spiro atoms. The van der Waals surface area contributed by atoms with E-state index in [-0.39, 0.29) is 5.91 Å². The molecule has 2 aromatic heterocycles. The molecule has 4 heterocycles. The summed E-state index contributed by atoms with van der Waals surface area (Å²) in [6.07, 6.45) is 7.82. The lowest BCUT2D eigenvalue weighted by Crippen LogP contribution is -2.38. The van der Waals surface area contributed by atoms with Gasteiger partial charge in [0, 0.05) is 44.6 Å². The van der Waals surface area contributed by atoms with Gasteiger partial charge in [-0.15, -0.1) is 0 Å². The summed E-state index contributed by atoms with van der Waals surface area (Å²) in [5.74, 6) is 3.02. The van der Waals surface area contributed by atoms with Gasteiger partial charge in [0.05, 0.1) is 12.2 Å². The van der Waals surface area contributed by atoms with E-state index in [0.717, 1.165) is 63.6 Å². The molecule has 2 aliphatic heterocycles. The van der Waals surface area contributed by atoms with Gasteiger partial charge in [0.1, 0.15) is 5.82 Å². The van der Waals surface area contributed by atoms with Crippen LogP contribution in [0.2, 0.25) is 0 Å². The predicted octanol–water partition coefficient (Wildman–Crippen LogP) is 3.64. The molecule has 0 bridgehead atoms. The lowest BCUT2D eigenvalue weighted by molar-refractivity contribution is 0.0697. The van der Waals surface area contributed by atoms with E-state index in [4.69, 9.17) is 4.74 Å². The number of hydrogen-bond donors (Lipinski definition) is 0. The van der Waals surface area contributed by atoms with Crippen LogP contribution < -0.4 is 9.64 Å². The first-order valence-electron chi connectivity index (χ1n) is 10.7. The van der Waals surface area contributed by atoms with E-state index in [9.17, 15) is 4.79 Å². The molecule has 6 heteroatoms. The first-order valence-corrected chi connectivity index (χ1v) is 10.7. The highest BCUT2D eigenvalue weighted by Crippen LogP contribution is 2.23. The third-order valence-corrected chi connectivity index (χ3v) is 6.11. The van der Waals surface area contributed by atoms with Crippen LogP contribution in [0.5, 0.6) is 5.88 Å². The van der Waals surface area contributed by atoms with Crippen LogP contribution in [-0.4, -0.2) is 53.6 Å². The Balaban J connectivity index is 1.26. The van der Waals surface area contributed by atoms with Crippen molar-refractivity contribution in [3.63, 3.8) is 0 Å². The number of nitrogens with zero attached hydrogens (tertiary/aromatic N) is 4. The average molecular weight is 395 g/mol. The summed E-state index contributed by atoms with van der Waals surface area (Å²) >= 11 is 0. The second kappa shape index (κ2) is 9.25. The summed E-state index contributed by atoms with van der Waals surface area (Å²) in [5, 5.41) is 0. The van der Waals surface area contributed by atoms with Crippen LogP contribution in [0.25, 0.3) is 0 Å². The maximum Gasteiger partial charge on any atom is 0.255 e. The van der Waals surface area contributed by atoms with Crippen LogP contribution in [0.15, 0.2) is 42.7 Å². The molecule has 1 amide bonds. The summed E-state index contributed by atoms with van der Waals surface area (Å²) in [6.45, 7) is 6.60. The van der Waals surface area contributed by atoms with E-state index in [2.05, 4.69) is 21.8 Å². The van der Waals surface area contributed by atoms with Gasteiger partial charge in [0.25, 0.3) is 5.91 Å². The zero-order valence-electron chi connectivity index (χ0n) is 17.2. The largest absolute Gasteiger partial charge is 0.477 e. The lowest BCUT2D eigenvalue weighted by Gasteiger charge is -2.33. The molecule has 0 aromatic carbocycles. The number of likely N-dealkylation sites (tertiary alicyclic amines) is 1. The molecule has 154 valence electrons. The third-order valence-electron chi connectivity index (χ3n) is 6.11. The fourth-order valence-electron chi connectivity index (χ4n) is 4.06. The van der Waals surface area contributed by atoms with Crippen molar-refractivity contribution in [2.75, 3.05) is 37.7 Å². The molecule has 0 aliphatic carbocycles. The second-order valence-corrected chi connectivity index (χ2v) is 8.29. The van der Waals surface area contributed by atoms with Crippen molar-refractivity contribution >= 4 is 11.7 Å². The van der Waals surface area contributed by atoms with E-state index in [1.165, 1.54) is 0 Å². The predicted molar refractivity (Wildman–Crippen MR) is 113 cm³/mol. The number of piperidine rings is 2. The zero-order valence-corrected chi connectivity index (χ0v) is 17.2. The topological polar surface area (TPSA) is 58.6 Å². The van der Waals surface area contributed by atoms with Crippen LogP contribution in [-0.2, 0) is 0 Å². The monoisotopic (exact) mass is 394 g/mol. The first-order chi connectivity index (χ1) is 14.2. The molecular formula is C23H30N4O2. The Kier molecular flexibility index (Phi) is 6.27. The second-order valence-electron chi connectivity index (χ2n) is 8.29. The first kappa shape index (κ1) is 19.7. The Labute approximate surface area is 172 Å². The van der Waals surface area contributed by atoms with Gasteiger partial charge in [-0.3, -0.25) is 4.79 Å². The summed E-state index contributed by atoms with van der Waals surface area (Å²) in [5.41, 5.74) is 0.696. The molecule has 29 heavy (non-hydrogen) atoms. The van der Waals surface area contributed by atoms with Gasteiger partial charge in [-0.25, -0.2) is 9.97 Å². The Morgan fingerprint density at radius 2 is 1.83 bits per heavy atom. The minimum atomic E-state index is 0.112. The number of anilines is 1. The smallest absolute Gasteiger partial charge is 0.255 e. The van der Waals surface area contributed by atoms with Crippen LogP contribution in [0.4, 0.5) is 5.82 Å². The number of carbonyl (C=O) groups is 1. The Bertz CT molecular complexity index is 780. The van der Waals surface area contributed by atoms with Gasteiger partial charge >= 0.3 is 0 Å². The minimum absolute atomic E-state index is 0.112. The van der Waals surface area contributed by atoms with Crippen LogP contribution >= 0.6 is 0 Å². The Hall–Kier alpha value is -2.63. The van der Waals surface area contributed by atoms with Crippen LogP contribution in [0, 0.1) is 11.8 Å². The maximum atomic E-state index is 12.7. The lowest BCUT2D eigenvalue weighted by atomic mass is 9.97. The normalized spacial score (nSPS) is 18.7. The zero-order chi connectivity index (χ0) is 20.1. The standard InChI is InChI=1S/C23H30N4O2/c1-18-7-12-27(13-8-18)23(28)20-5-6-21(25-16-20)26-14-9-19(10-15-26)17-29-22-4-2-3-11-24-22/h2-6,11,16,18-19H,7-10,12-15,17H2,1H3. The molecule has 2 aliphatic rings. The van der Waals surface area contributed by atoms with Crippen molar-refractivity contribution < 1.29 is 9.53 Å². The summed E-state index contributed by atoms with van der Waals surface area (Å²) < 4.78 is 5.81. The average Bonchev–Trinajstić information content (AvgIpc) is 2.79. The molecule has 0 unspecified atom stereocenters. The van der Waals surface area contributed by atoms with E-state index in [1.807, 2.05) is 35.2 Å². The summed E-state index contributed by atoms with van der Waals surface area (Å²) in [7, 11) is 0. The molecule has 0 radical (unpaired) electrons. The number of amides is 1. The minimum Gasteiger partial charge on any atom is -0.477 e. The summed E-state index contributed by atoms with van der Waals surface area (Å²) in [4.78, 5) is 25.7. The van der Waals surface area contributed by atoms with Gasteiger partial charge in [0.15, 0.2) is 0 Å². The van der Waals surface area contributed by atoms with Gasteiger partial charge in [-0.2, -0.15) is 0 Å². The summed E-state index contributed by atoms with van der Waals surface area (Å²) in [6, 6.07) is 9.65. The fraction of sp³-hybridized carbons (Fsp3) is 0.522. The molecule has 2 saturated heterocycles. The molecular weight excluding hydrogens is 364 g/mol. The van der Waals surface area contributed by atoms with Crippen LogP contribution in [0.3, 0.4) is 0 Å². The highest BCUT2D eigenvalue weighted by Gasteiger charge is 2.23. The number of rotatable bonds is 5. The number of carbonyl (C=O) groups excluding carboxylic acids is 1. The number of hydrogen-bond acceptors (Lipinski definition) is 5. The van der Waals surface area contributed by atoms with E-state index >= 15 is 0 Å². The Morgan fingerprint density at radius 3 is 2.48 bits per heavy atom. The molecule has 0 atom stereocenters. The Morgan fingerprint density at radius 1 is 1.03 bits per heavy atom. The van der Waals surface area contributed by atoms with Crippen molar-refractivity contribution in [1.82, 2.24) is 14.9 Å². The van der Waals surface area contributed by atoms with E-state index in [1.54, 1.807) is 12.4 Å². The highest BCUT2D eigenvalue weighted by atomic mass is 16.5. The van der Waals surface area contributed by atoms with Gasteiger partial charge in [-0.05, 0) is 55.7 Å².